The Bertz CT molecular complexity index is 622. The standard InChI is InChI=1S/C14H20N4OS2/c1-5-14(4,12-16-9(2)7-20-12)15-6-11(19)18-13-17-10(3)8-21-13/h7-8,15H,5-6H2,1-4H3,(H,17,18,19)/t14-/m1/s1. The highest BCUT2D eigenvalue weighted by Crippen LogP contribution is 2.27. The quantitative estimate of drug-likeness (QED) is 0.857. The summed E-state index contributed by atoms with van der Waals surface area (Å²) < 4.78 is 0. The van der Waals surface area contributed by atoms with Gasteiger partial charge in [0.15, 0.2) is 5.13 Å². The average Bonchev–Trinajstić information content (AvgIpc) is 3.05. The first kappa shape index (κ1) is 16.1. The van der Waals surface area contributed by atoms with Crippen LogP contribution in [0.25, 0.3) is 0 Å². The van der Waals surface area contributed by atoms with Crippen LogP contribution in [0.4, 0.5) is 5.13 Å². The van der Waals surface area contributed by atoms with E-state index in [9.17, 15) is 4.79 Å². The van der Waals surface area contributed by atoms with Crippen LogP contribution < -0.4 is 10.6 Å². The predicted octanol–water partition coefficient (Wildman–Crippen LogP) is 3.07. The molecule has 2 aromatic heterocycles. The molecular formula is C14H20N4OS2. The van der Waals surface area contributed by atoms with E-state index in [1.165, 1.54) is 11.3 Å². The lowest BCUT2D eigenvalue weighted by Gasteiger charge is -2.27. The van der Waals surface area contributed by atoms with Crippen LogP contribution in [-0.4, -0.2) is 22.4 Å². The van der Waals surface area contributed by atoms with Gasteiger partial charge in [-0.2, -0.15) is 0 Å². The molecule has 21 heavy (non-hydrogen) atoms. The lowest BCUT2D eigenvalue weighted by Crippen LogP contribution is -2.43. The van der Waals surface area contributed by atoms with Crippen LogP contribution in [0.15, 0.2) is 10.8 Å². The van der Waals surface area contributed by atoms with Crippen molar-refractivity contribution in [1.29, 1.82) is 0 Å². The molecule has 7 heteroatoms. The minimum absolute atomic E-state index is 0.0858. The monoisotopic (exact) mass is 324 g/mol. The van der Waals surface area contributed by atoms with Crippen molar-refractivity contribution in [2.45, 2.75) is 39.7 Å². The normalized spacial score (nSPS) is 13.9. The molecular weight excluding hydrogens is 304 g/mol. The SMILES string of the molecule is CC[C@@](C)(NCC(=O)Nc1nc(C)cs1)c1nc(C)cs1. The Labute approximate surface area is 132 Å². The smallest absolute Gasteiger partial charge is 0.240 e. The molecule has 2 N–H and O–H groups in total. The summed E-state index contributed by atoms with van der Waals surface area (Å²) in [6, 6.07) is 0. The van der Waals surface area contributed by atoms with Crippen LogP contribution in [0.1, 0.15) is 36.7 Å². The molecule has 0 aliphatic rings. The van der Waals surface area contributed by atoms with Gasteiger partial charge >= 0.3 is 0 Å². The highest BCUT2D eigenvalue weighted by Gasteiger charge is 2.28. The molecule has 5 nitrogen and oxygen atoms in total. The fourth-order valence-electron chi connectivity index (χ4n) is 1.81. The first-order valence-electron chi connectivity index (χ1n) is 6.82. The van der Waals surface area contributed by atoms with Gasteiger partial charge in [0.05, 0.1) is 17.8 Å². The number of anilines is 1. The largest absolute Gasteiger partial charge is 0.301 e. The van der Waals surface area contributed by atoms with Crippen LogP contribution in [0.3, 0.4) is 0 Å². The van der Waals surface area contributed by atoms with Gasteiger partial charge < -0.3 is 5.32 Å². The maximum absolute atomic E-state index is 12.0. The lowest BCUT2D eigenvalue weighted by molar-refractivity contribution is -0.115. The second-order valence-corrected chi connectivity index (χ2v) is 6.89. The number of aromatic nitrogens is 2. The Balaban J connectivity index is 1.95. The highest BCUT2D eigenvalue weighted by atomic mass is 32.1. The van der Waals surface area contributed by atoms with Gasteiger partial charge in [0.2, 0.25) is 5.91 Å². The Morgan fingerprint density at radius 2 is 1.90 bits per heavy atom. The Hall–Kier alpha value is -1.31. The zero-order valence-electron chi connectivity index (χ0n) is 12.7. The van der Waals surface area contributed by atoms with Crippen LogP contribution in [0.5, 0.6) is 0 Å². The Morgan fingerprint density at radius 1 is 1.24 bits per heavy atom. The summed E-state index contributed by atoms with van der Waals surface area (Å²) in [7, 11) is 0. The highest BCUT2D eigenvalue weighted by molar-refractivity contribution is 7.13. The number of carbonyl (C=O) groups is 1. The maximum Gasteiger partial charge on any atom is 0.240 e. The van der Waals surface area contributed by atoms with Crippen LogP contribution >= 0.6 is 22.7 Å². The predicted molar refractivity (Wildman–Crippen MR) is 88.0 cm³/mol. The number of aryl methyl sites for hydroxylation is 2. The van der Waals surface area contributed by atoms with Crippen LogP contribution in [-0.2, 0) is 10.3 Å². The summed E-state index contributed by atoms with van der Waals surface area (Å²) >= 11 is 3.06. The van der Waals surface area contributed by atoms with Crippen LogP contribution in [0.2, 0.25) is 0 Å². The van der Waals surface area contributed by atoms with Crippen molar-refractivity contribution in [3.05, 3.63) is 27.2 Å². The maximum atomic E-state index is 12.0. The third-order valence-corrected chi connectivity index (χ3v) is 5.40. The second-order valence-electron chi connectivity index (χ2n) is 5.18. The van der Waals surface area contributed by atoms with E-state index in [1.807, 2.05) is 24.6 Å². The zero-order valence-corrected chi connectivity index (χ0v) is 14.3. The molecule has 114 valence electrons. The van der Waals surface area contributed by atoms with Gasteiger partial charge in [-0.15, -0.1) is 22.7 Å². The van der Waals surface area contributed by atoms with E-state index in [0.29, 0.717) is 5.13 Å². The number of nitrogens with one attached hydrogen (secondary N) is 2. The van der Waals surface area contributed by atoms with Crippen molar-refractivity contribution in [2.24, 2.45) is 0 Å². The average molecular weight is 324 g/mol. The number of rotatable bonds is 6. The van der Waals surface area contributed by atoms with Gasteiger partial charge in [-0.25, -0.2) is 9.97 Å². The molecule has 2 heterocycles. The molecule has 0 saturated carbocycles. The molecule has 0 aliphatic carbocycles. The minimum atomic E-state index is -0.283. The van der Waals surface area contributed by atoms with Gasteiger partial charge in [0.25, 0.3) is 0 Å². The van der Waals surface area contributed by atoms with Gasteiger partial charge in [0.1, 0.15) is 5.01 Å². The molecule has 0 radical (unpaired) electrons. The molecule has 2 aromatic rings. The van der Waals surface area contributed by atoms with Crippen molar-refractivity contribution in [1.82, 2.24) is 15.3 Å². The molecule has 0 bridgehead atoms. The zero-order chi connectivity index (χ0) is 15.5. The molecule has 1 atom stereocenters. The van der Waals surface area contributed by atoms with E-state index in [1.54, 1.807) is 11.3 Å². The number of amides is 1. The first-order valence-corrected chi connectivity index (χ1v) is 8.58. The summed E-state index contributed by atoms with van der Waals surface area (Å²) in [6.07, 6.45) is 0.865. The van der Waals surface area contributed by atoms with E-state index < -0.39 is 0 Å². The summed E-state index contributed by atoms with van der Waals surface area (Å²) in [4.78, 5) is 20.8. The Kier molecular flexibility index (Phi) is 5.08. The lowest BCUT2D eigenvalue weighted by atomic mass is 10.00. The topological polar surface area (TPSA) is 66.9 Å². The summed E-state index contributed by atoms with van der Waals surface area (Å²) in [5, 5.41) is 11.7. The van der Waals surface area contributed by atoms with Crippen LogP contribution in [0, 0.1) is 13.8 Å². The number of hydrogen-bond acceptors (Lipinski definition) is 6. The van der Waals surface area contributed by atoms with E-state index in [-0.39, 0.29) is 18.0 Å². The molecule has 0 unspecified atom stereocenters. The van der Waals surface area contributed by atoms with E-state index in [4.69, 9.17) is 0 Å². The van der Waals surface area contributed by atoms with E-state index >= 15 is 0 Å². The summed E-state index contributed by atoms with van der Waals surface area (Å²) in [5.74, 6) is -0.0858. The molecule has 0 fully saturated rings. The summed E-state index contributed by atoms with van der Waals surface area (Å²) in [6.45, 7) is 8.29. The third-order valence-electron chi connectivity index (χ3n) is 3.30. The van der Waals surface area contributed by atoms with Gasteiger partial charge in [-0.05, 0) is 27.2 Å². The van der Waals surface area contributed by atoms with E-state index in [0.717, 1.165) is 22.8 Å². The van der Waals surface area contributed by atoms with Crippen molar-refractivity contribution >= 4 is 33.7 Å². The van der Waals surface area contributed by atoms with Gasteiger partial charge in [-0.3, -0.25) is 10.1 Å². The number of thiazole rings is 2. The second kappa shape index (κ2) is 6.64. The molecule has 0 aromatic carbocycles. The Morgan fingerprint density at radius 3 is 2.43 bits per heavy atom. The number of hydrogen-bond donors (Lipinski definition) is 2. The molecule has 0 spiro atoms. The summed E-state index contributed by atoms with van der Waals surface area (Å²) in [5.41, 5.74) is 1.65. The third kappa shape index (κ3) is 4.09. The van der Waals surface area contributed by atoms with Crippen molar-refractivity contribution in [2.75, 3.05) is 11.9 Å². The fraction of sp³-hybridized carbons (Fsp3) is 0.500. The van der Waals surface area contributed by atoms with E-state index in [2.05, 4.69) is 34.4 Å². The minimum Gasteiger partial charge on any atom is -0.301 e. The fourth-order valence-corrected chi connectivity index (χ4v) is 3.52. The van der Waals surface area contributed by atoms with Crippen molar-refractivity contribution in [3.8, 4) is 0 Å². The van der Waals surface area contributed by atoms with Gasteiger partial charge in [0, 0.05) is 16.5 Å². The molecule has 2 rings (SSSR count). The number of nitrogens with zero attached hydrogens (tertiary/aromatic N) is 2. The molecule has 0 saturated heterocycles. The first-order chi connectivity index (χ1) is 9.93. The van der Waals surface area contributed by atoms with Gasteiger partial charge in [-0.1, -0.05) is 6.92 Å². The molecule has 0 aliphatic heterocycles. The molecule has 1 amide bonds. The van der Waals surface area contributed by atoms with Crippen molar-refractivity contribution < 1.29 is 4.79 Å². The number of carbonyl (C=O) groups excluding carboxylic acids is 1. The van der Waals surface area contributed by atoms with Crippen molar-refractivity contribution in [3.63, 3.8) is 0 Å².